The zero-order chi connectivity index (χ0) is 24.7. The van der Waals surface area contributed by atoms with E-state index in [0.29, 0.717) is 49.4 Å². The number of benzene rings is 2. The van der Waals surface area contributed by atoms with Gasteiger partial charge in [-0.2, -0.15) is 0 Å². The quantitative estimate of drug-likeness (QED) is 0.418. The number of aryl methyl sites for hydroxylation is 1. The summed E-state index contributed by atoms with van der Waals surface area (Å²) in [6.45, 7) is 3.98. The number of nitrogens with one attached hydrogen (secondary N) is 3. The van der Waals surface area contributed by atoms with Gasteiger partial charge in [-0.15, -0.1) is 0 Å². The van der Waals surface area contributed by atoms with Gasteiger partial charge in [-0.3, -0.25) is 9.59 Å². The Hall–Kier alpha value is -3.85. The number of carbonyl (C=O) groups is 1. The number of nitrogens with two attached hydrogens (primary N) is 1. The molecule has 8 nitrogen and oxygen atoms in total. The average Bonchev–Trinajstić information content (AvgIpc) is 3.31. The predicted molar refractivity (Wildman–Crippen MR) is 135 cm³/mol. The van der Waals surface area contributed by atoms with Crippen molar-refractivity contribution < 1.29 is 9.18 Å². The Morgan fingerprint density at radius 2 is 2.03 bits per heavy atom. The Labute approximate surface area is 202 Å². The maximum Gasteiger partial charge on any atom is 0.257 e. The Morgan fingerprint density at radius 3 is 2.83 bits per heavy atom. The number of anilines is 3. The Balaban J connectivity index is 1.38. The zero-order valence-electron chi connectivity index (χ0n) is 19.8. The lowest BCUT2D eigenvalue weighted by Gasteiger charge is -2.24. The highest BCUT2D eigenvalue weighted by Gasteiger charge is 2.35. The van der Waals surface area contributed by atoms with Crippen LogP contribution >= 0.6 is 0 Å². The highest BCUT2D eigenvalue weighted by molar-refractivity contribution is 6.01. The number of carbonyl (C=O) groups excluding carboxylic acids is 1. The van der Waals surface area contributed by atoms with Crippen molar-refractivity contribution in [2.45, 2.75) is 26.1 Å². The molecule has 1 amide bonds. The van der Waals surface area contributed by atoms with E-state index < -0.39 is 6.17 Å². The molecule has 182 valence electrons. The number of aromatic nitrogens is 1. The molecule has 3 aromatic rings. The van der Waals surface area contributed by atoms with E-state index >= 15 is 0 Å². The average molecular weight is 477 g/mol. The number of hydrogen-bond acceptors (Lipinski definition) is 6. The van der Waals surface area contributed by atoms with Crippen LogP contribution in [0.25, 0.3) is 0 Å². The summed E-state index contributed by atoms with van der Waals surface area (Å²) in [7, 11) is 1.90. The summed E-state index contributed by atoms with van der Waals surface area (Å²) in [6, 6.07) is 10.5. The topological polar surface area (TPSA) is 106 Å². The number of halogens is 1. The van der Waals surface area contributed by atoms with E-state index in [1.165, 1.54) is 6.07 Å². The Bertz CT molecular complexity index is 1350. The molecule has 2 aromatic carbocycles. The molecule has 5 rings (SSSR count). The van der Waals surface area contributed by atoms with Crippen molar-refractivity contribution in [2.75, 3.05) is 42.2 Å². The van der Waals surface area contributed by atoms with Gasteiger partial charge in [0.1, 0.15) is 12.0 Å². The monoisotopic (exact) mass is 476 g/mol. The van der Waals surface area contributed by atoms with E-state index in [2.05, 4.69) is 15.6 Å². The molecule has 0 spiro atoms. The molecule has 9 heteroatoms. The molecule has 1 aromatic heterocycles. The van der Waals surface area contributed by atoms with E-state index in [-0.39, 0.29) is 17.3 Å². The van der Waals surface area contributed by atoms with E-state index in [9.17, 15) is 14.0 Å². The van der Waals surface area contributed by atoms with E-state index in [1.54, 1.807) is 23.2 Å². The fraction of sp³-hybridized carbons (Fsp3) is 0.308. The summed E-state index contributed by atoms with van der Waals surface area (Å²) in [5, 5.41) is 6.82. The third-order valence-corrected chi connectivity index (χ3v) is 6.85. The van der Waals surface area contributed by atoms with Crippen LogP contribution in [0.2, 0.25) is 0 Å². The number of rotatable bonds is 7. The fourth-order valence-electron chi connectivity index (χ4n) is 4.96. The van der Waals surface area contributed by atoms with E-state index in [1.807, 2.05) is 37.1 Å². The number of amides is 1. The van der Waals surface area contributed by atoms with Gasteiger partial charge < -0.3 is 31.2 Å². The second-order valence-electron chi connectivity index (χ2n) is 9.08. The number of fused-ring (bicyclic) bond motifs is 2. The summed E-state index contributed by atoms with van der Waals surface area (Å²) in [5.74, 6) is -0.272. The third-order valence-electron chi connectivity index (χ3n) is 6.85. The van der Waals surface area contributed by atoms with Gasteiger partial charge >= 0.3 is 0 Å². The van der Waals surface area contributed by atoms with Crippen LogP contribution in [0.4, 0.5) is 21.5 Å². The predicted octanol–water partition coefficient (Wildman–Crippen LogP) is 2.95. The van der Waals surface area contributed by atoms with E-state index in [0.717, 1.165) is 28.1 Å². The van der Waals surface area contributed by atoms with Gasteiger partial charge in [0.2, 0.25) is 0 Å². The number of nitrogens with zero attached hydrogens (tertiary/aromatic N) is 2. The van der Waals surface area contributed by atoms with Gasteiger partial charge in [0, 0.05) is 50.7 Å². The van der Waals surface area contributed by atoms with Gasteiger partial charge in [-0.1, -0.05) is 6.07 Å². The second-order valence-corrected chi connectivity index (χ2v) is 9.08. The highest BCUT2D eigenvalue weighted by Crippen LogP contribution is 2.43. The van der Waals surface area contributed by atoms with Crippen LogP contribution < -0.4 is 26.8 Å². The lowest BCUT2D eigenvalue weighted by molar-refractivity contribution is 0.0783. The molecule has 1 unspecified atom stereocenters. The minimum atomic E-state index is -0.411. The minimum absolute atomic E-state index is 0.0161. The van der Waals surface area contributed by atoms with Crippen molar-refractivity contribution >= 4 is 23.0 Å². The van der Waals surface area contributed by atoms with Crippen LogP contribution in [0.5, 0.6) is 0 Å². The first kappa shape index (κ1) is 22.9. The molecule has 1 atom stereocenters. The second kappa shape index (κ2) is 9.07. The van der Waals surface area contributed by atoms with Gasteiger partial charge in [0.05, 0.1) is 16.9 Å². The van der Waals surface area contributed by atoms with Crippen molar-refractivity contribution in [3.63, 3.8) is 0 Å². The summed E-state index contributed by atoms with van der Waals surface area (Å²) in [4.78, 5) is 32.2. The van der Waals surface area contributed by atoms with Crippen molar-refractivity contribution in [1.82, 2.24) is 9.88 Å². The largest absolute Gasteiger partial charge is 0.384 e. The Morgan fingerprint density at radius 1 is 1.20 bits per heavy atom. The summed E-state index contributed by atoms with van der Waals surface area (Å²) >= 11 is 0. The first-order valence-corrected chi connectivity index (χ1v) is 11.7. The SMILES string of the molecule is Cc1ccc(F)cc1CCNc1cc[nH]c(=O)c1C1Nc2cc3c(cc2N1C)C(=O)N(CCN)C3. The number of pyridine rings is 1. The lowest BCUT2D eigenvalue weighted by Crippen LogP contribution is -2.31. The molecule has 0 saturated carbocycles. The number of H-pyrrole nitrogens is 1. The van der Waals surface area contributed by atoms with Crippen LogP contribution in [0, 0.1) is 12.7 Å². The molecule has 0 fully saturated rings. The minimum Gasteiger partial charge on any atom is -0.384 e. The molecule has 5 N–H and O–H groups in total. The first-order valence-electron chi connectivity index (χ1n) is 11.7. The molecule has 0 saturated heterocycles. The number of aromatic amines is 1. The van der Waals surface area contributed by atoms with Gasteiger partial charge in [-0.05, 0) is 60.4 Å². The molecule has 0 aliphatic carbocycles. The normalized spacial score (nSPS) is 16.3. The Kier molecular flexibility index (Phi) is 5.94. The summed E-state index contributed by atoms with van der Waals surface area (Å²) in [5.41, 5.74) is 12.0. The number of hydrogen-bond donors (Lipinski definition) is 4. The third kappa shape index (κ3) is 4.12. The molecular weight excluding hydrogens is 447 g/mol. The van der Waals surface area contributed by atoms with Crippen LogP contribution in [0.1, 0.15) is 38.8 Å². The maximum atomic E-state index is 13.7. The maximum absolute atomic E-state index is 13.7. The van der Waals surface area contributed by atoms with Crippen LogP contribution in [-0.2, 0) is 13.0 Å². The van der Waals surface area contributed by atoms with Gasteiger partial charge in [0.15, 0.2) is 0 Å². The van der Waals surface area contributed by atoms with Crippen molar-refractivity contribution in [1.29, 1.82) is 0 Å². The fourth-order valence-corrected chi connectivity index (χ4v) is 4.96. The van der Waals surface area contributed by atoms with Crippen molar-refractivity contribution in [3.05, 3.63) is 86.6 Å². The molecule has 0 bridgehead atoms. The first-order chi connectivity index (χ1) is 16.9. The molecule has 2 aliphatic heterocycles. The molecule has 35 heavy (non-hydrogen) atoms. The van der Waals surface area contributed by atoms with Gasteiger partial charge in [-0.25, -0.2) is 4.39 Å². The van der Waals surface area contributed by atoms with Crippen LogP contribution in [0.15, 0.2) is 47.4 Å². The highest BCUT2D eigenvalue weighted by atomic mass is 19.1. The van der Waals surface area contributed by atoms with Crippen LogP contribution in [-0.4, -0.2) is 42.5 Å². The van der Waals surface area contributed by atoms with E-state index in [4.69, 9.17) is 5.73 Å². The molecule has 3 heterocycles. The van der Waals surface area contributed by atoms with Crippen molar-refractivity contribution in [2.24, 2.45) is 5.73 Å². The molecule has 0 radical (unpaired) electrons. The zero-order valence-corrected chi connectivity index (χ0v) is 19.8. The summed E-state index contributed by atoms with van der Waals surface area (Å²) < 4.78 is 13.7. The smallest absolute Gasteiger partial charge is 0.257 e. The standard InChI is InChI=1S/C26H29FN6O2/c1-15-3-4-18(27)11-16(15)5-8-29-20-6-9-30-25(34)23(20)24-31-21-12-17-14-33(10-7-28)26(35)19(17)13-22(21)32(24)2/h3-4,6,9,11-13,24,31H,5,7-8,10,14,28H2,1-2H3,(H2,29,30,34). The van der Waals surface area contributed by atoms with Gasteiger partial charge in [0.25, 0.3) is 11.5 Å². The lowest BCUT2D eigenvalue weighted by atomic mass is 10.1. The molecular formula is C26H29FN6O2. The van der Waals surface area contributed by atoms with Crippen molar-refractivity contribution in [3.8, 4) is 0 Å². The summed E-state index contributed by atoms with van der Waals surface area (Å²) in [6.07, 6.45) is 1.83. The van der Waals surface area contributed by atoms with Crippen LogP contribution in [0.3, 0.4) is 0 Å². The molecule has 2 aliphatic rings.